The van der Waals surface area contributed by atoms with E-state index in [1.807, 2.05) is 25.1 Å². The van der Waals surface area contributed by atoms with Crippen LogP contribution in [0.5, 0.6) is 0 Å². The molecule has 1 fully saturated rings. The fourth-order valence-electron chi connectivity index (χ4n) is 2.24. The number of ether oxygens (including phenoxy) is 1. The largest absolute Gasteiger partial charge is 0.387 e. The zero-order valence-electron chi connectivity index (χ0n) is 10.6. The number of aliphatic hydroxyl groups excluding tert-OH is 1. The van der Waals surface area contributed by atoms with Gasteiger partial charge in [0.2, 0.25) is 0 Å². The summed E-state index contributed by atoms with van der Waals surface area (Å²) in [5.41, 5.74) is 2.19. The molecule has 94 valence electrons. The Balaban J connectivity index is 1.98. The van der Waals surface area contributed by atoms with Crippen LogP contribution in [0.2, 0.25) is 0 Å². The van der Waals surface area contributed by atoms with Crippen molar-refractivity contribution >= 4 is 0 Å². The van der Waals surface area contributed by atoms with E-state index in [-0.39, 0.29) is 0 Å². The molecule has 17 heavy (non-hydrogen) atoms. The molecule has 2 rings (SSSR count). The zero-order chi connectivity index (χ0) is 12.3. The van der Waals surface area contributed by atoms with Gasteiger partial charge in [-0.2, -0.15) is 0 Å². The summed E-state index contributed by atoms with van der Waals surface area (Å²) in [6.45, 7) is 7.32. The number of aliphatic hydroxyl groups is 1. The second kappa shape index (κ2) is 5.63. The third-order valence-electron chi connectivity index (χ3n) is 3.34. The van der Waals surface area contributed by atoms with Crippen molar-refractivity contribution in [2.45, 2.75) is 26.0 Å². The lowest BCUT2D eigenvalue weighted by atomic mass is 10.1. The van der Waals surface area contributed by atoms with Crippen LogP contribution < -0.4 is 0 Å². The zero-order valence-corrected chi connectivity index (χ0v) is 10.6. The van der Waals surface area contributed by atoms with Crippen molar-refractivity contribution in [3.8, 4) is 0 Å². The summed E-state index contributed by atoms with van der Waals surface area (Å²) < 4.78 is 5.40. The molecule has 1 saturated heterocycles. The Morgan fingerprint density at radius 2 is 2.35 bits per heavy atom. The first-order valence-electron chi connectivity index (χ1n) is 6.23. The van der Waals surface area contributed by atoms with Crippen LogP contribution in [0.1, 0.15) is 24.2 Å². The van der Waals surface area contributed by atoms with Crippen molar-refractivity contribution in [1.29, 1.82) is 0 Å². The average molecular weight is 235 g/mol. The number of aryl methyl sites for hydroxylation is 1. The highest BCUT2D eigenvalue weighted by Gasteiger charge is 2.21. The first kappa shape index (κ1) is 12.6. The molecule has 1 aromatic rings. The number of morpholine rings is 1. The number of hydrogen-bond acceptors (Lipinski definition) is 3. The quantitative estimate of drug-likeness (QED) is 0.866. The second-order valence-electron chi connectivity index (χ2n) is 4.85. The third kappa shape index (κ3) is 3.28. The molecule has 0 spiro atoms. The minimum atomic E-state index is -0.407. The van der Waals surface area contributed by atoms with Gasteiger partial charge >= 0.3 is 0 Å². The Hall–Kier alpha value is -0.900. The highest BCUT2D eigenvalue weighted by molar-refractivity contribution is 5.24. The Bertz CT molecular complexity index is 367. The smallest absolute Gasteiger partial charge is 0.0917 e. The fourth-order valence-corrected chi connectivity index (χ4v) is 2.24. The number of rotatable bonds is 3. The summed E-state index contributed by atoms with van der Waals surface area (Å²) in [6.07, 6.45) is -0.407. The summed E-state index contributed by atoms with van der Waals surface area (Å²) in [5.74, 6) is 0. The van der Waals surface area contributed by atoms with E-state index in [0.29, 0.717) is 12.6 Å². The predicted molar refractivity (Wildman–Crippen MR) is 68.0 cm³/mol. The van der Waals surface area contributed by atoms with Crippen LogP contribution in [0.15, 0.2) is 24.3 Å². The Kier molecular flexibility index (Phi) is 4.15. The van der Waals surface area contributed by atoms with Crippen LogP contribution in [0, 0.1) is 6.92 Å². The third-order valence-corrected chi connectivity index (χ3v) is 3.34. The van der Waals surface area contributed by atoms with Gasteiger partial charge in [-0.3, -0.25) is 4.90 Å². The van der Waals surface area contributed by atoms with Gasteiger partial charge in [-0.1, -0.05) is 29.8 Å². The van der Waals surface area contributed by atoms with Crippen molar-refractivity contribution in [3.63, 3.8) is 0 Å². The molecule has 0 aliphatic carbocycles. The van der Waals surface area contributed by atoms with Gasteiger partial charge in [0, 0.05) is 19.1 Å². The van der Waals surface area contributed by atoms with Gasteiger partial charge in [0.15, 0.2) is 0 Å². The molecule has 1 aromatic carbocycles. The summed E-state index contributed by atoms with van der Waals surface area (Å²) in [6, 6.07) is 8.48. The summed E-state index contributed by atoms with van der Waals surface area (Å²) in [4.78, 5) is 2.29. The average Bonchev–Trinajstić information content (AvgIpc) is 2.32. The summed E-state index contributed by atoms with van der Waals surface area (Å²) in [7, 11) is 0. The highest BCUT2D eigenvalue weighted by atomic mass is 16.5. The minimum absolute atomic E-state index is 0.392. The van der Waals surface area contributed by atoms with Crippen LogP contribution in [0.4, 0.5) is 0 Å². The predicted octanol–water partition coefficient (Wildman–Crippen LogP) is 1.75. The maximum Gasteiger partial charge on any atom is 0.0917 e. The van der Waals surface area contributed by atoms with Crippen LogP contribution in [0.25, 0.3) is 0 Å². The molecule has 0 saturated carbocycles. The molecular weight excluding hydrogens is 214 g/mol. The van der Waals surface area contributed by atoms with Gasteiger partial charge in [-0.25, -0.2) is 0 Å². The molecule has 3 nitrogen and oxygen atoms in total. The molecule has 1 aliphatic rings. The van der Waals surface area contributed by atoms with Crippen LogP contribution in [-0.2, 0) is 4.74 Å². The normalized spacial score (nSPS) is 23.6. The molecule has 3 heteroatoms. The SMILES string of the molecule is Cc1cccc(C(O)CN2CCOCC2C)c1. The van der Waals surface area contributed by atoms with Gasteiger partial charge in [-0.15, -0.1) is 0 Å². The Morgan fingerprint density at radius 3 is 3.06 bits per heavy atom. The number of benzene rings is 1. The van der Waals surface area contributed by atoms with E-state index >= 15 is 0 Å². The molecular formula is C14H21NO2. The molecule has 0 aromatic heterocycles. The molecule has 1 N–H and O–H groups in total. The second-order valence-corrected chi connectivity index (χ2v) is 4.85. The van der Waals surface area contributed by atoms with Crippen molar-refractivity contribution in [1.82, 2.24) is 4.90 Å². The van der Waals surface area contributed by atoms with E-state index < -0.39 is 6.10 Å². The monoisotopic (exact) mass is 235 g/mol. The van der Waals surface area contributed by atoms with E-state index in [9.17, 15) is 5.11 Å². The van der Waals surface area contributed by atoms with Gasteiger partial charge in [0.25, 0.3) is 0 Å². The fraction of sp³-hybridized carbons (Fsp3) is 0.571. The van der Waals surface area contributed by atoms with Crippen molar-refractivity contribution in [3.05, 3.63) is 35.4 Å². The van der Waals surface area contributed by atoms with Gasteiger partial charge in [0.1, 0.15) is 0 Å². The van der Waals surface area contributed by atoms with Gasteiger partial charge in [-0.05, 0) is 19.4 Å². The molecule has 0 amide bonds. The first-order chi connectivity index (χ1) is 8.16. The lowest BCUT2D eigenvalue weighted by Gasteiger charge is -2.34. The molecule has 0 bridgehead atoms. The summed E-state index contributed by atoms with van der Waals surface area (Å²) >= 11 is 0. The maximum atomic E-state index is 10.2. The molecule has 1 heterocycles. The first-order valence-corrected chi connectivity index (χ1v) is 6.23. The lowest BCUT2D eigenvalue weighted by Crippen LogP contribution is -2.45. The topological polar surface area (TPSA) is 32.7 Å². The lowest BCUT2D eigenvalue weighted by molar-refractivity contribution is -0.0203. The summed E-state index contributed by atoms with van der Waals surface area (Å²) in [5, 5.41) is 10.2. The van der Waals surface area contributed by atoms with Crippen LogP contribution in [-0.4, -0.2) is 42.4 Å². The van der Waals surface area contributed by atoms with Gasteiger partial charge < -0.3 is 9.84 Å². The molecule has 2 unspecified atom stereocenters. The van der Waals surface area contributed by atoms with E-state index in [1.165, 1.54) is 5.56 Å². The highest BCUT2D eigenvalue weighted by Crippen LogP contribution is 2.18. The molecule has 2 atom stereocenters. The van der Waals surface area contributed by atoms with Gasteiger partial charge in [0.05, 0.1) is 19.3 Å². The Labute approximate surface area is 103 Å². The minimum Gasteiger partial charge on any atom is -0.387 e. The Morgan fingerprint density at radius 1 is 1.53 bits per heavy atom. The van der Waals surface area contributed by atoms with E-state index in [4.69, 9.17) is 4.74 Å². The van der Waals surface area contributed by atoms with Crippen molar-refractivity contribution in [2.75, 3.05) is 26.3 Å². The number of nitrogens with zero attached hydrogens (tertiary/aromatic N) is 1. The molecule has 1 aliphatic heterocycles. The number of β-amino-alcohol motifs (C(OH)–C–C–N with tert-alkyl or cyclic N) is 1. The van der Waals surface area contributed by atoms with Crippen molar-refractivity contribution in [2.24, 2.45) is 0 Å². The van der Waals surface area contributed by atoms with E-state index in [0.717, 1.165) is 25.3 Å². The van der Waals surface area contributed by atoms with Crippen LogP contribution in [0.3, 0.4) is 0 Å². The van der Waals surface area contributed by atoms with Crippen molar-refractivity contribution < 1.29 is 9.84 Å². The molecule has 0 radical (unpaired) electrons. The maximum absolute atomic E-state index is 10.2. The standard InChI is InChI=1S/C14H21NO2/c1-11-4-3-5-13(8-11)14(16)9-15-6-7-17-10-12(15)2/h3-5,8,12,14,16H,6-7,9-10H2,1-2H3. The number of hydrogen-bond donors (Lipinski definition) is 1. The van der Waals surface area contributed by atoms with Crippen LogP contribution >= 0.6 is 0 Å². The van der Waals surface area contributed by atoms with E-state index in [2.05, 4.69) is 17.9 Å². The van der Waals surface area contributed by atoms with E-state index in [1.54, 1.807) is 0 Å².